The van der Waals surface area contributed by atoms with Gasteiger partial charge in [0.2, 0.25) is 0 Å². The Kier molecular flexibility index (Phi) is 9.34. The van der Waals surface area contributed by atoms with E-state index >= 15 is 0 Å². The second-order valence-electron chi connectivity index (χ2n) is 16.5. The van der Waals surface area contributed by atoms with Gasteiger partial charge in [-0.3, -0.25) is 0 Å². The molecule has 0 amide bonds. The Morgan fingerprint density at radius 3 is 1.39 bits per heavy atom. The molecule has 0 heterocycles. The zero-order valence-electron chi connectivity index (χ0n) is 33.8. The SMILES string of the molecule is CC1(C)c2cc(N(c3ccccc3)c3ccc(C4(c5ccc(N(c6ccccc6)c6ccccc6)cc5)C=CCCC4)cc3)ccc2-c2c(-c3ccccc3)cccc21. The lowest BCUT2D eigenvalue weighted by Crippen LogP contribution is -2.27. The van der Waals surface area contributed by atoms with Crippen molar-refractivity contribution in [1.82, 2.24) is 0 Å². The van der Waals surface area contributed by atoms with Crippen LogP contribution in [0.1, 0.15) is 55.4 Å². The lowest BCUT2D eigenvalue weighted by Gasteiger charge is -2.36. The zero-order valence-corrected chi connectivity index (χ0v) is 33.8. The third-order valence-corrected chi connectivity index (χ3v) is 12.7. The van der Waals surface area contributed by atoms with Crippen molar-refractivity contribution in [2.75, 3.05) is 9.80 Å². The summed E-state index contributed by atoms with van der Waals surface area (Å²) in [5.41, 5.74) is 17.1. The lowest BCUT2D eigenvalue weighted by atomic mass is 9.69. The first-order chi connectivity index (χ1) is 29.0. The molecule has 2 heteroatoms. The summed E-state index contributed by atoms with van der Waals surface area (Å²) in [4.78, 5) is 4.75. The molecule has 1 unspecified atom stereocenters. The molecular weight excluding hydrogens is 713 g/mol. The van der Waals surface area contributed by atoms with Crippen LogP contribution in [0.25, 0.3) is 22.3 Å². The minimum Gasteiger partial charge on any atom is -0.311 e. The summed E-state index contributed by atoms with van der Waals surface area (Å²) in [7, 11) is 0. The fraction of sp³-hybridized carbons (Fsp3) is 0.123. The van der Waals surface area contributed by atoms with E-state index in [-0.39, 0.29) is 10.8 Å². The fourth-order valence-electron chi connectivity index (χ4n) is 9.73. The molecule has 286 valence electrons. The van der Waals surface area contributed by atoms with Crippen LogP contribution in [0.3, 0.4) is 0 Å². The summed E-state index contributed by atoms with van der Waals surface area (Å²) >= 11 is 0. The summed E-state index contributed by atoms with van der Waals surface area (Å²) in [5.74, 6) is 0. The second kappa shape index (κ2) is 15.1. The van der Waals surface area contributed by atoms with E-state index in [1.54, 1.807) is 0 Å². The topological polar surface area (TPSA) is 6.48 Å². The largest absolute Gasteiger partial charge is 0.311 e. The quantitative estimate of drug-likeness (QED) is 0.135. The number of fused-ring (bicyclic) bond motifs is 3. The van der Waals surface area contributed by atoms with Crippen molar-refractivity contribution >= 4 is 34.1 Å². The van der Waals surface area contributed by atoms with Gasteiger partial charge in [-0.05, 0) is 137 Å². The molecule has 1 atom stereocenters. The molecule has 0 radical (unpaired) electrons. The summed E-state index contributed by atoms with van der Waals surface area (Å²) in [6, 6.07) is 75.5. The van der Waals surface area contributed by atoms with Crippen molar-refractivity contribution in [2.45, 2.75) is 43.9 Å². The Morgan fingerprint density at radius 2 is 0.881 bits per heavy atom. The van der Waals surface area contributed by atoms with Gasteiger partial charge >= 0.3 is 0 Å². The molecule has 59 heavy (non-hydrogen) atoms. The Labute approximate surface area is 349 Å². The third kappa shape index (κ3) is 6.46. The summed E-state index contributed by atoms with van der Waals surface area (Å²) in [6.45, 7) is 4.75. The number of nitrogens with zero attached hydrogens (tertiary/aromatic N) is 2. The number of para-hydroxylation sites is 3. The molecular formula is C57H48N2. The average molecular weight is 761 g/mol. The van der Waals surface area contributed by atoms with Crippen LogP contribution in [-0.4, -0.2) is 0 Å². The van der Waals surface area contributed by atoms with Crippen LogP contribution < -0.4 is 9.80 Å². The normalized spacial score (nSPS) is 16.2. The van der Waals surface area contributed by atoms with Gasteiger partial charge in [0.25, 0.3) is 0 Å². The van der Waals surface area contributed by atoms with Gasteiger partial charge in [-0.25, -0.2) is 0 Å². The van der Waals surface area contributed by atoms with Crippen molar-refractivity contribution in [3.8, 4) is 22.3 Å². The van der Waals surface area contributed by atoms with E-state index in [9.17, 15) is 0 Å². The average Bonchev–Trinajstić information content (AvgIpc) is 3.54. The van der Waals surface area contributed by atoms with E-state index in [1.807, 2.05) is 0 Å². The molecule has 0 fully saturated rings. The Balaban J connectivity index is 1.02. The van der Waals surface area contributed by atoms with Crippen molar-refractivity contribution in [1.29, 1.82) is 0 Å². The molecule has 0 aliphatic heterocycles. The van der Waals surface area contributed by atoms with E-state index in [2.05, 4.69) is 242 Å². The van der Waals surface area contributed by atoms with Gasteiger partial charge in [0.15, 0.2) is 0 Å². The number of rotatable bonds is 9. The van der Waals surface area contributed by atoms with Crippen LogP contribution in [0.15, 0.2) is 218 Å². The van der Waals surface area contributed by atoms with Gasteiger partial charge < -0.3 is 9.80 Å². The molecule has 2 aliphatic carbocycles. The van der Waals surface area contributed by atoms with Gasteiger partial charge in [-0.2, -0.15) is 0 Å². The predicted octanol–water partition coefficient (Wildman–Crippen LogP) is 15.6. The molecule has 10 rings (SSSR count). The zero-order chi connectivity index (χ0) is 39.8. The molecule has 0 saturated carbocycles. The maximum absolute atomic E-state index is 2.46. The highest BCUT2D eigenvalue weighted by atomic mass is 15.1. The molecule has 0 bridgehead atoms. The number of hydrogen-bond acceptors (Lipinski definition) is 2. The van der Waals surface area contributed by atoms with Gasteiger partial charge in [0.1, 0.15) is 0 Å². The minimum absolute atomic E-state index is 0.147. The Bertz CT molecular complexity index is 2700. The smallest absolute Gasteiger partial charge is 0.0465 e. The van der Waals surface area contributed by atoms with Gasteiger partial charge in [0, 0.05) is 45.0 Å². The Hall–Kier alpha value is -6.90. The number of allylic oxidation sites excluding steroid dienone is 2. The highest BCUT2D eigenvalue weighted by Gasteiger charge is 2.38. The fourth-order valence-corrected chi connectivity index (χ4v) is 9.73. The van der Waals surface area contributed by atoms with E-state index in [0.717, 1.165) is 53.4 Å². The van der Waals surface area contributed by atoms with Crippen LogP contribution in [0, 0.1) is 0 Å². The highest BCUT2D eigenvalue weighted by molar-refractivity contribution is 5.94. The molecule has 2 aliphatic rings. The van der Waals surface area contributed by atoms with Crippen molar-refractivity contribution < 1.29 is 0 Å². The van der Waals surface area contributed by atoms with Crippen molar-refractivity contribution in [3.63, 3.8) is 0 Å². The molecule has 8 aromatic carbocycles. The Morgan fingerprint density at radius 1 is 0.407 bits per heavy atom. The maximum Gasteiger partial charge on any atom is 0.0465 e. The van der Waals surface area contributed by atoms with E-state index < -0.39 is 0 Å². The molecule has 0 saturated heterocycles. The highest BCUT2D eigenvalue weighted by Crippen LogP contribution is 2.54. The van der Waals surface area contributed by atoms with Gasteiger partial charge in [0.05, 0.1) is 0 Å². The number of hydrogen-bond donors (Lipinski definition) is 0. The molecule has 8 aromatic rings. The molecule has 0 N–H and O–H groups in total. The molecule has 2 nitrogen and oxygen atoms in total. The minimum atomic E-state index is -0.211. The third-order valence-electron chi connectivity index (χ3n) is 12.7. The van der Waals surface area contributed by atoms with Crippen LogP contribution in [0.5, 0.6) is 0 Å². The van der Waals surface area contributed by atoms with Crippen LogP contribution >= 0.6 is 0 Å². The standard InChI is InChI=1S/C57H48N2/c1-56(2)53-28-18-27-51(42-19-8-3-9-20-42)55(53)52-38-37-50(41-54(52)56)59(47-25-14-6-15-26-47)49-35-31-44(32-36-49)57(39-16-7-17-40-57)43-29-33-48(34-30-43)58(45-21-10-4-11-22-45)46-23-12-5-13-24-46/h3-6,8-16,18-39,41H,7,17,40H2,1-2H3. The van der Waals surface area contributed by atoms with Gasteiger partial charge in [-0.1, -0.05) is 159 Å². The van der Waals surface area contributed by atoms with Crippen molar-refractivity contribution in [3.05, 3.63) is 241 Å². The van der Waals surface area contributed by atoms with Crippen LogP contribution in [0.2, 0.25) is 0 Å². The van der Waals surface area contributed by atoms with Gasteiger partial charge in [-0.15, -0.1) is 0 Å². The molecule has 0 spiro atoms. The summed E-state index contributed by atoms with van der Waals surface area (Å²) in [6.07, 6.45) is 8.18. The van der Waals surface area contributed by atoms with E-state index in [1.165, 1.54) is 44.5 Å². The second-order valence-corrected chi connectivity index (χ2v) is 16.5. The number of benzene rings is 8. The maximum atomic E-state index is 2.46. The van der Waals surface area contributed by atoms with E-state index in [4.69, 9.17) is 0 Å². The summed E-state index contributed by atoms with van der Waals surface area (Å²) in [5, 5.41) is 0. The lowest BCUT2D eigenvalue weighted by molar-refractivity contribution is 0.530. The first-order valence-electron chi connectivity index (χ1n) is 21.0. The van der Waals surface area contributed by atoms with E-state index in [0.29, 0.717) is 0 Å². The molecule has 0 aromatic heterocycles. The first kappa shape index (κ1) is 36.4. The van der Waals surface area contributed by atoms with Crippen LogP contribution in [-0.2, 0) is 10.8 Å². The summed E-state index contributed by atoms with van der Waals surface area (Å²) < 4.78 is 0. The number of anilines is 6. The monoisotopic (exact) mass is 760 g/mol. The van der Waals surface area contributed by atoms with Crippen molar-refractivity contribution in [2.24, 2.45) is 0 Å². The predicted molar refractivity (Wildman–Crippen MR) is 249 cm³/mol. The first-order valence-corrected chi connectivity index (χ1v) is 21.0. The van der Waals surface area contributed by atoms with Crippen LogP contribution in [0.4, 0.5) is 34.1 Å².